The van der Waals surface area contributed by atoms with Crippen LogP contribution >= 0.6 is 0 Å². The van der Waals surface area contributed by atoms with Crippen LogP contribution in [0.2, 0.25) is 0 Å². The number of likely N-dealkylation sites (tertiary alicyclic amines) is 1. The minimum absolute atomic E-state index is 0.0398. The Bertz CT molecular complexity index is 1320. The van der Waals surface area contributed by atoms with Gasteiger partial charge in [-0.25, -0.2) is 4.39 Å². The number of nitrogens with one attached hydrogen (secondary N) is 2. The van der Waals surface area contributed by atoms with Crippen molar-refractivity contribution in [1.82, 2.24) is 14.8 Å². The average molecular weight is 480 g/mol. The van der Waals surface area contributed by atoms with Crippen molar-refractivity contribution >= 4 is 22.5 Å². The number of unbranched alkanes of at least 4 members (excludes halogenated alkanes) is 1. The van der Waals surface area contributed by atoms with Crippen LogP contribution in [-0.4, -0.2) is 54.6 Å². The number of fused-ring (bicyclic) bond motifs is 2. The number of hydrogen-bond donors (Lipinski definition) is 3. The van der Waals surface area contributed by atoms with Crippen LogP contribution in [0.25, 0.3) is 16.6 Å². The highest BCUT2D eigenvalue weighted by Crippen LogP contribution is 2.44. The first-order valence-electron chi connectivity index (χ1n) is 12.2. The van der Waals surface area contributed by atoms with E-state index in [-0.39, 0.29) is 22.4 Å². The number of rotatable bonds is 9. The van der Waals surface area contributed by atoms with Gasteiger partial charge in [0, 0.05) is 25.8 Å². The number of pyridine rings is 1. The van der Waals surface area contributed by atoms with Crippen molar-refractivity contribution in [2.45, 2.75) is 25.7 Å². The van der Waals surface area contributed by atoms with E-state index in [1.54, 1.807) is 10.6 Å². The Labute approximate surface area is 202 Å². The summed E-state index contributed by atoms with van der Waals surface area (Å²) < 4.78 is 23.3. The van der Waals surface area contributed by atoms with E-state index in [9.17, 15) is 9.59 Å². The van der Waals surface area contributed by atoms with E-state index < -0.39 is 17.2 Å². The summed E-state index contributed by atoms with van der Waals surface area (Å²) in [5.41, 5.74) is 6.29. The minimum atomic E-state index is -0.586. The zero-order valence-electron chi connectivity index (χ0n) is 19.6. The van der Waals surface area contributed by atoms with Gasteiger partial charge in [0.2, 0.25) is 5.43 Å². The number of nitrogens with two attached hydrogens (primary N) is 1. The molecule has 8 nitrogen and oxygen atoms in total. The van der Waals surface area contributed by atoms with Crippen LogP contribution < -0.4 is 26.5 Å². The Morgan fingerprint density at radius 2 is 1.94 bits per heavy atom. The molecule has 1 saturated heterocycles. The van der Waals surface area contributed by atoms with Gasteiger partial charge in [0.1, 0.15) is 16.8 Å². The van der Waals surface area contributed by atoms with Gasteiger partial charge in [-0.3, -0.25) is 9.59 Å². The first-order chi connectivity index (χ1) is 17.1. The standard InChI is InChI=1S/C26H30FN5O3/c27-19-15-17-23-25(22(19)29-11-14-31-12-5-6-13-31)35-21-8-2-1-7-20(21)32(23)16-18(24(17)33)26(34)30-10-4-3-9-28/h1-2,7-8,15-16,29H,3-6,9-14,28H2,(H,30,34). The molecule has 2 aliphatic rings. The molecule has 5 rings (SSSR count). The molecule has 1 fully saturated rings. The van der Waals surface area contributed by atoms with Crippen molar-refractivity contribution < 1.29 is 13.9 Å². The largest absolute Gasteiger partial charge is 0.451 e. The van der Waals surface area contributed by atoms with Gasteiger partial charge in [-0.15, -0.1) is 0 Å². The predicted octanol–water partition coefficient (Wildman–Crippen LogP) is 3.21. The van der Waals surface area contributed by atoms with E-state index in [0.29, 0.717) is 43.0 Å². The molecule has 0 bridgehead atoms. The van der Waals surface area contributed by atoms with Crippen molar-refractivity contribution in [3.63, 3.8) is 0 Å². The quantitative estimate of drug-likeness (QED) is 0.319. The fourth-order valence-corrected chi connectivity index (χ4v) is 4.81. The number of aromatic nitrogens is 1. The highest BCUT2D eigenvalue weighted by atomic mass is 19.1. The lowest BCUT2D eigenvalue weighted by Gasteiger charge is -2.26. The maximum atomic E-state index is 15.4. The van der Waals surface area contributed by atoms with Crippen molar-refractivity contribution in [2.24, 2.45) is 5.73 Å². The topological polar surface area (TPSA) is 102 Å². The second kappa shape index (κ2) is 10.1. The first-order valence-corrected chi connectivity index (χ1v) is 12.2. The van der Waals surface area contributed by atoms with Gasteiger partial charge in [-0.2, -0.15) is 0 Å². The van der Waals surface area contributed by atoms with Gasteiger partial charge in [0.25, 0.3) is 5.91 Å². The number of carbonyl (C=O) groups excluding carboxylic acids is 1. The van der Waals surface area contributed by atoms with Crippen molar-refractivity contribution in [3.05, 3.63) is 58.1 Å². The molecular formula is C26H30FN5O3. The van der Waals surface area contributed by atoms with Crippen LogP contribution in [0.5, 0.6) is 11.5 Å². The van der Waals surface area contributed by atoms with E-state index >= 15 is 4.39 Å². The van der Waals surface area contributed by atoms with Crippen LogP contribution in [0.3, 0.4) is 0 Å². The van der Waals surface area contributed by atoms with Crippen LogP contribution in [0, 0.1) is 5.82 Å². The summed E-state index contributed by atoms with van der Waals surface area (Å²) in [5.74, 6) is -0.298. The van der Waals surface area contributed by atoms with E-state index in [1.165, 1.54) is 25.1 Å². The molecular weight excluding hydrogens is 449 g/mol. The molecule has 35 heavy (non-hydrogen) atoms. The lowest BCUT2D eigenvalue weighted by molar-refractivity contribution is 0.0951. The maximum Gasteiger partial charge on any atom is 0.256 e. The fraction of sp³-hybridized carbons (Fsp3) is 0.385. The molecule has 0 radical (unpaired) electrons. The summed E-state index contributed by atoms with van der Waals surface area (Å²) in [4.78, 5) is 28.5. The SMILES string of the molecule is NCCCCNC(=O)c1cn2c3c(c(NCCN4CCCC4)c(F)cc3c1=O)Oc1ccccc1-2. The number of amides is 1. The molecule has 2 aromatic carbocycles. The van der Waals surface area contributed by atoms with E-state index in [0.717, 1.165) is 26.1 Å². The smallest absolute Gasteiger partial charge is 0.256 e. The second-order valence-electron chi connectivity index (χ2n) is 9.00. The summed E-state index contributed by atoms with van der Waals surface area (Å²) in [6.07, 6.45) is 5.38. The zero-order chi connectivity index (χ0) is 24.4. The average Bonchev–Trinajstić information content (AvgIpc) is 3.38. The van der Waals surface area contributed by atoms with Crippen LogP contribution in [0.15, 0.2) is 41.3 Å². The molecule has 184 valence electrons. The molecule has 2 aliphatic heterocycles. The minimum Gasteiger partial charge on any atom is -0.451 e. The summed E-state index contributed by atoms with van der Waals surface area (Å²) in [6, 6.07) is 8.51. The Hall–Kier alpha value is -3.43. The second-order valence-corrected chi connectivity index (χ2v) is 9.00. The molecule has 3 aromatic rings. The maximum absolute atomic E-state index is 15.4. The van der Waals surface area contributed by atoms with Gasteiger partial charge in [0.15, 0.2) is 17.3 Å². The number of halogens is 1. The van der Waals surface area contributed by atoms with Crippen molar-refractivity contribution in [2.75, 3.05) is 44.6 Å². The Kier molecular flexibility index (Phi) is 6.70. The van der Waals surface area contributed by atoms with Gasteiger partial charge >= 0.3 is 0 Å². The summed E-state index contributed by atoms with van der Waals surface area (Å²) in [6.45, 7) is 4.39. The molecule has 4 N–H and O–H groups in total. The lowest BCUT2D eigenvalue weighted by atomic mass is 10.1. The Morgan fingerprint density at radius 1 is 1.14 bits per heavy atom. The summed E-state index contributed by atoms with van der Waals surface area (Å²) in [7, 11) is 0. The number of hydrogen-bond acceptors (Lipinski definition) is 6. The van der Waals surface area contributed by atoms with E-state index in [2.05, 4.69) is 15.5 Å². The number of carbonyl (C=O) groups is 1. The molecule has 1 amide bonds. The third kappa shape index (κ3) is 4.49. The van der Waals surface area contributed by atoms with E-state index in [4.69, 9.17) is 10.5 Å². The molecule has 9 heteroatoms. The Morgan fingerprint density at radius 3 is 2.74 bits per heavy atom. The monoisotopic (exact) mass is 479 g/mol. The molecule has 0 saturated carbocycles. The number of ether oxygens (including phenoxy) is 1. The van der Waals surface area contributed by atoms with Gasteiger partial charge < -0.3 is 30.6 Å². The Balaban J connectivity index is 1.57. The van der Waals surface area contributed by atoms with Gasteiger partial charge in [0.05, 0.1) is 11.1 Å². The number of nitrogens with zero attached hydrogens (tertiary/aromatic N) is 2. The van der Waals surface area contributed by atoms with Crippen LogP contribution in [0.1, 0.15) is 36.0 Å². The van der Waals surface area contributed by atoms with Crippen LogP contribution in [0.4, 0.5) is 10.1 Å². The highest BCUT2D eigenvalue weighted by molar-refractivity contribution is 6.01. The number of anilines is 1. The molecule has 0 unspecified atom stereocenters. The molecule has 0 aliphatic carbocycles. The number of para-hydroxylation sites is 2. The number of benzene rings is 2. The van der Waals surface area contributed by atoms with Crippen molar-refractivity contribution in [3.8, 4) is 17.2 Å². The van der Waals surface area contributed by atoms with E-state index in [1.807, 2.05) is 18.2 Å². The summed E-state index contributed by atoms with van der Waals surface area (Å²) in [5, 5.41) is 6.07. The summed E-state index contributed by atoms with van der Waals surface area (Å²) >= 11 is 0. The van der Waals surface area contributed by atoms with Gasteiger partial charge in [-0.05, 0) is 63.5 Å². The highest BCUT2D eigenvalue weighted by Gasteiger charge is 2.28. The normalized spacial score (nSPS) is 14.6. The van der Waals surface area contributed by atoms with Crippen molar-refractivity contribution in [1.29, 1.82) is 0 Å². The lowest BCUT2D eigenvalue weighted by Crippen LogP contribution is -2.31. The van der Waals surface area contributed by atoms with Crippen LogP contribution in [-0.2, 0) is 0 Å². The van der Waals surface area contributed by atoms with Gasteiger partial charge in [-0.1, -0.05) is 12.1 Å². The molecule has 3 heterocycles. The predicted molar refractivity (Wildman–Crippen MR) is 134 cm³/mol. The third-order valence-electron chi connectivity index (χ3n) is 6.62. The molecule has 0 spiro atoms. The molecule has 0 atom stereocenters. The molecule has 1 aromatic heterocycles. The first kappa shape index (κ1) is 23.3. The third-order valence-corrected chi connectivity index (χ3v) is 6.62. The fourth-order valence-electron chi connectivity index (χ4n) is 4.81. The zero-order valence-corrected chi connectivity index (χ0v) is 19.6.